The Morgan fingerprint density at radius 2 is 2.04 bits per heavy atom. The second kappa shape index (κ2) is 7.14. The van der Waals surface area contributed by atoms with Gasteiger partial charge in [-0.15, -0.1) is 11.3 Å². The van der Waals surface area contributed by atoms with Gasteiger partial charge in [0, 0.05) is 17.8 Å². The second-order valence-corrected chi connectivity index (χ2v) is 8.05. The van der Waals surface area contributed by atoms with E-state index in [0.717, 1.165) is 18.4 Å². The molecule has 4 rings (SSSR count). The van der Waals surface area contributed by atoms with Crippen molar-refractivity contribution in [3.8, 4) is 0 Å². The van der Waals surface area contributed by atoms with E-state index in [1.54, 1.807) is 6.33 Å². The highest BCUT2D eigenvalue weighted by atomic mass is 32.1. The van der Waals surface area contributed by atoms with E-state index >= 15 is 0 Å². The van der Waals surface area contributed by atoms with E-state index in [1.165, 1.54) is 85.0 Å². The van der Waals surface area contributed by atoms with Gasteiger partial charge in [0.15, 0.2) is 0 Å². The lowest BCUT2D eigenvalue weighted by atomic mass is 9.95. The summed E-state index contributed by atoms with van der Waals surface area (Å²) in [4.78, 5) is 11.7. The van der Waals surface area contributed by atoms with Crippen molar-refractivity contribution in [1.82, 2.24) is 9.97 Å². The lowest BCUT2D eigenvalue weighted by molar-refractivity contribution is -0.691. The van der Waals surface area contributed by atoms with E-state index in [1.807, 2.05) is 11.3 Å². The first-order valence-corrected chi connectivity index (χ1v) is 10.1. The molecule has 2 heterocycles. The third-order valence-electron chi connectivity index (χ3n) is 5.32. The first-order valence-electron chi connectivity index (χ1n) is 9.24. The summed E-state index contributed by atoms with van der Waals surface area (Å²) in [6.45, 7) is 2.24. The molecule has 0 aromatic carbocycles. The number of hydrogen-bond acceptors (Lipinski definition) is 4. The van der Waals surface area contributed by atoms with Crippen LogP contribution in [0, 0.1) is 0 Å². The minimum Gasteiger partial charge on any atom is -0.369 e. The number of anilines is 1. The molecule has 3 N–H and O–H groups in total. The maximum Gasteiger partial charge on any atom is 0.138 e. The van der Waals surface area contributed by atoms with Crippen LogP contribution in [0.2, 0.25) is 0 Å². The Kier molecular flexibility index (Phi) is 4.76. The number of aromatic nitrogens is 2. The van der Waals surface area contributed by atoms with Gasteiger partial charge in [0.05, 0.1) is 18.0 Å². The molecule has 0 saturated heterocycles. The van der Waals surface area contributed by atoms with E-state index in [9.17, 15) is 0 Å². The summed E-state index contributed by atoms with van der Waals surface area (Å²) in [6.07, 6.45) is 13.8. The van der Waals surface area contributed by atoms with Crippen LogP contribution >= 0.6 is 11.3 Å². The highest BCUT2D eigenvalue weighted by molar-refractivity contribution is 7.19. The Balaban J connectivity index is 1.31. The predicted molar refractivity (Wildman–Crippen MR) is 96.2 cm³/mol. The summed E-state index contributed by atoms with van der Waals surface area (Å²) in [5.41, 5.74) is 1.52. The summed E-state index contributed by atoms with van der Waals surface area (Å²) in [6, 6.07) is 0.884. The van der Waals surface area contributed by atoms with Gasteiger partial charge in [-0.1, -0.05) is 6.42 Å². The quantitative estimate of drug-likeness (QED) is 0.800. The molecular formula is C18H27N4S+. The molecule has 2 aliphatic rings. The van der Waals surface area contributed by atoms with E-state index in [-0.39, 0.29) is 0 Å². The predicted octanol–water partition coefficient (Wildman–Crippen LogP) is 2.88. The minimum atomic E-state index is 0.884. The molecule has 2 aliphatic carbocycles. The monoisotopic (exact) mass is 331 g/mol. The maximum absolute atomic E-state index is 4.52. The van der Waals surface area contributed by atoms with Crippen LogP contribution in [0.5, 0.6) is 0 Å². The van der Waals surface area contributed by atoms with Crippen LogP contribution in [0.15, 0.2) is 6.33 Å². The number of hydrogen-bond donors (Lipinski definition) is 2. The molecule has 0 bridgehead atoms. The Hall–Kier alpha value is -1.20. The smallest absolute Gasteiger partial charge is 0.138 e. The van der Waals surface area contributed by atoms with E-state index in [4.69, 9.17) is 0 Å². The molecule has 0 aliphatic heterocycles. The molecule has 0 amide bonds. The van der Waals surface area contributed by atoms with Gasteiger partial charge in [-0.05, 0) is 50.5 Å². The zero-order valence-electron chi connectivity index (χ0n) is 13.8. The number of fused-ring (bicyclic) bond motifs is 3. The fraction of sp³-hybridized carbons (Fsp3) is 0.667. The zero-order chi connectivity index (χ0) is 15.5. The third-order valence-corrected chi connectivity index (χ3v) is 6.52. The normalized spacial score (nSPS) is 18.4. The molecule has 1 fully saturated rings. The summed E-state index contributed by atoms with van der Waals surface area (Å²) in [5, 5.41) is 7.45. The number of thiophene rings is 1. The first-order chi connectivity index (χ1) is 11.4. The highest BCUT2D eigenvalue weighted by Gasteiger charge is 2.21. The van der Waals surface area contributed by atoms with Crippen LogP contribution in [0.3, 0.4) is 0 Å². The fourth-order valence-electron chi connectivity index (χ4n) is 4.09. The van der Waals surface area contributed by atoms with Crippen molar-refractivity contribution in [3.63, 3.8) is 0 Å². The van der Waals surface area contributed by atoms with Crippen LogP contribution in [0.4, 0.5) is 5.82 Å². The van der Waals surface area contributed by atoms with Gasteiger partial charge >= 0.3 is 0 Å². The summed E-state index contributed by atoms with van der Waals surface area (Å²) >= 11 is 1.87. The number of nitrogens with two attached hydrogens (primary N) is 1. The third kappa shape index (κ3) is 3.36. The van der Waals surface area contributed by atoms with Crippen molar-refractivity contribution < 1.29 is 5.32 Å². The van der Waals surface area contributed by atoms with Crippen molar-refractivity contribution >= 4 is 27.4 Å². The molecule has 124 valence electrons. The fourth-order valence-corrected chi connectivity index (χ4v) is 5.32. The first kappa shape index (κ1) is 15.3. The number of aryl methyl sites for hydroxylation is 2. The molecule has 1 saturated carbocycles. The largest absolute Gasteiger partial charge is 0.369 e. The Bertz CT molecular complexity index is 660. The molecule has 2 aromatic heterocycles. The van der Waals surface area contributed by atoms with Gasteiger partial charge in [0.1, 0.15) is 17.0 Å². The molecular weight excluding hydrogens is 304 g/mol. The summed E-state index contributed by atoms with van der Waals surface area (Å²) < 4.78 is 0. The standard InChI is InChI=1S/C18H26N4S/c1-2-6-13(7-3-1)19-10-5-11-20-17-16-14-8-4-9-15(14)23-18(16)22-12-21-17/h12-13,19H,1-11H2,(H,20,21,22)/p+1. The summed E-state index contributed by atoms with van der Waals surface area (Å²) in [7, 11) is 0. The summed E-state index contributed by atoms with van der Waals surface area (Å²) in [5.74, 6) is 1.06. The van der Waals surface area contributed by atoms with E-state index < -0.39 is 0 Å². The maximum atomic E-state index is 4.52. The molecule has 23 heavy (non-hydrogen) atoms. The van der Waals surface area contributed by atoms with Gasteiger partial charge in [-0.3, -0.25) is 0 Å². The highest BCUT2D eigenvalue weighted by Crippen LogP contribution is 2.38. The van der Waals surface area contributed by atoms with Crippen LogP contribution in [-0.2, 0) is 12.8 Å². The minimum absolute atomic E-state index is 0.884. The molecule has 5 heteroatoms. The van der Waals surface area contributed by atoms with E-state index in [2.05, 4.69) is 20.6 Å². The number of nitrogens with zero attached hydrogens (tertiary/aromatic N) is 2. The molecule has 0 radical (unpaired) electrons. The van der Waals surface area contributed by atoms with Crippen molar-refractivity contribution in [3.05, 3.63) is 16.8 Å². The van der Waals surface area contributed by atoms with Crippen molar-refractivity contribution in [2.75, 3.05) is 18.4 Å². The molecule has 4 nitrogen and oxygen atoms in total. The van der Waals surface area contributed by atoms with Crippen molar-refractivity contribution in [2.45, 2.75) is 63.8 Å². The number of nitrogens with one attached hydrogen (secondary N) is 1. The topological polar surface area (TPSA) is 54.4 Å². The lowest BCUT2D eigenvalue weighted by Crippen LogP contribution is -2.90. The van der Waals surface area contributed by atoms with Gasteiger partial charge < -0.3 is 10.6 Å². The van der Waals surface area contributed by atoms with Gasteiger partial charge in [-0.25, -0.2) is 9.97 Å². The Morgan fingerprint density at radius 1 is 1.13 bits per heavy atom. The van der Waals surface area contributed by atoms with Gasteiger partial charge in [0.25, 0.3) is 0 Å². The average molecular weight is 332 g/mol. The number of quaternary nitrogens is 1. The van der Waals surface area contributed by atoms with Crippen LogP contribution in [-0.4, -0.2) is 29.1 Å². The Morgan fingerprint density at radius 3 is 2.96 bits per heavy atom. The van der Waals surface area contributed by atoms with E-state index in [0.29, 0.717) is 0 Å². The average Bonchev–Trinajstić information content (AvgIpc) is 3.16. The van der Waals surface area contributed by atoms with Crippen LogP contribution < -0.4 is 10.6 Å². The molecule has 0 atom stereocenters. The van der Waals surface area contributed by atoms with Crippen molar-refractivity contribution in [2.24, 2.45) is 0 Å². The van der Waals surface area contributed by atoms with Gasteiger partial charge in [-0.2, -0.15) is 0 Å². The van der Waals surface area contributed by atoms with Crippen LogP contribution in [0.25, 0.3) is 10.2 Å². The lowest BCUT2D eigenvalue weighted by Gasteiger charge is -2.19. The zero-order valence-corrected chi connectivity index (χ0v) is 14.6. The Labute approximate surface area is 142 Å². The second-order valence-electron chi connectivity index (χ2n) is 6.96. The SMILES string of the molecule is c1nc(NCCC[NH2+]C2CCCCC2)c2c3c(sc2n1)CCC3. The van der Waals surface area contributed by atoms with Crippen molar-refractivity contribution in [1.29, 1.82) is 0 Å². The molecule has 0 spiro atoms. The number of rotatable bonds is 6. The van der Waals surface area contributed by atoms with Gasteiger partial charge in [0.2, 0.25) is 0 Å². The molecule has 2 aromatic rings. The molecule has 0 unspecified atom stereocenters. The van der Waals surface area contributed by atoms with Crippen LogP contribution in [0.1, 0.15) is 55.4 Å².